The number of thioether (sulfide) groups is 1. The number of aromatic nitrogens is 1. The smallest absolute Gasteiger partial charge is 0.271 e. The first-order valence-electron chi connectivity index (χ1n) is 7.40. The Bertz CT molecular complexity index is 764. The molecule has 2 amide bonds. The first-order chi connectivity index (χ1) is 11.6. The average Bonchev–Trinajstić information content (AvgIpc) is 2.96. The van der Waals surface area contributed by atoms with E-state index >= 15 is 0 Å². The molecule has 1 saturated heterocycles. The molecule has 0 bridgehead atoms. The van der Waals surface area contributed by atoms with E-state index in [4.69, 9.17) is 4.74 Å². The van der Waals surface area contributed by atoms with Crippen LogP contribution < -0.4 is 10.2 Å². The molecule has 0 radical (unpaired) electrons. The summed E-state index contributed by atoms with van der Waals surface area (Å²) in [6.45, 7) is 1.85. The standard InChI is InChI=1S/C17H17N3O3S/c1-11-7-8-12(9-18-11)16(22)19-20-15(21)10-24-17(20)13-5-3-4-6-14(13)23-2/h3-9,17H,10H2,1-2H3,(H,19,22). The van der Waals surface area contributed by atoms with Gasteiger partial charge in [-0.3, -0.25) is 20.0 Å². The van der Waals surface area contributed by atoms with E-state index in [9.17, 15) is 9.59 Å². The van der Waals surface area contributed by atoms with E-state index in [0.29, 0.717) is 17.1 Å². The molecule has 1 aromatic heterocycles. The van der Waals surface area contributed by atoms with Gasteiger partial charge in [-0.1, -0.05) is 18.2 Å². The molecule has 3 rings (SSSR count). The molecule has 1 unspecified atom stereocenters. The molecule has 7 heteroatoms. The van der Waals surface area contributed by atoms with Gasteiger partial charge in [0, 0.05) is 17.5 Å². The number of hydrogen-bond donors (Lipinski definition) is 1. The van der Waals surface area contributed by atoms with Crippen molar-refractivity contribution >= 4 is 23.6 Å². The fraction of sp³-hybridized carbons (Fsp3) is 0.235. The van der Waals surface area contributed by atoms with Crippen LogP contribution in [0.15, 0.2) is 42.6 Å². The summed E-state index contributed by atoms with van der Waals surface area (Å²) >= 11 is 1.45. The van der Waals surface area contributed by atoms with Crippen LogP contribution in [0.5, 0.6) is 5.75 Å². The maximum absolute atomic E-state index is 12.4. The Labute approximate surface area is 144 Å². The van der Waals surface area contributed by atoms with Crippen molar-refractivity contribution < 1.29 is 14.3 Å². The fourth-order valence-electron chi connectivity index (χ4n) is 2.42. The van der Waals surface area contributed by atoms with E-state index in [0.717, 1.165) is 11.3 Å². The second-order valence-electron chi connectivity index (χ2n) is 5.30. The Kier molecular flexibility index (Phi) is 4.71. The van der Waals surface area contributed by atoms with Crippen LogP contribution in [0.2, 0.25) is 0 Å². The largest absolute Gasteiger partial charge is 0.496 e. The number of benzene rings is 1. The summed E-state index contributed by atoms with van der Waals surface area (Å²) in [6, 6.07) is 10.9. The fourth-order valence-corrected chi connectivity index (χ4v) is 3.55. The zero-order valence-corrected chi connectivity index (χ0v) is 14.2. The topological polar surface area (TPSA) is 71.5 Å². The molecule has 24 heavy (non-hydrogen) atoms. The third-order valence-corrected chi connectivity index (χ3v) is 4.86. The van der Waals surface area contributed by atoms with Crippen molar-refractivity contribution in [1.29, 1.82) is 0 Å². The van der Waals surface area contributed by atoms with Crippen LogP contribution in [0.3, 0.4) is 0 Å². The Balaban J connectivity index is 1.83. The number of nitrogens with one attached hydrogen (secondary N) is 1. The summed E-state index contributed by atoms with van der Waals surface area (Å²) in [5, 5.41) is 1.04. The van der Waals surface area contributed by atoms with E-state index in [1.807, 2.05) is 31.2 Å². The Morgan fingerprint density at radius 3 is 2.83 bits per heavy atom. The predicted octanol–water partition coefficient (Wildman–Crippen LogP) is 2.32. The molecule has 1 aromatic carbocycles. The quantitative estimate of drug-likeness (QED) is 0.922. The summed E-state index contributed by atoms with van der Waals surface area (Å²) < 4.78 is 5.37. The number of carbonyl (C=O) groups excluding carboxylic acids is 2. The van der Waals surface area contributed by atoms with E-state index in [1.165, 1.54) is 23.0 Å². The molecule has 0 aliphatic carbocycles. The third kappa shape index (κ3) is 3.21. The lowest BCUT2D eigenvalue weighted by molar-refractivity contribution is -0.130. The molecule has 124 valence electrons. The van der Waals surface area contributed by atoms with Gasteiger partial charge in [-0.15, -0.1) is 11.8 Å². The van der Waals surface area contributed by atoms with Gasteiger partial charge >= 0.3 is 0 Å². The van der Waals surface area contributed by atoms with Crippen molar-refractivity contribution in [2.45, 2.75) is 12.3 Å². The second-order valence-corrected chi connectivity index (χ2v) is 6.37. The van der Waals surface area contributed by atoms with E-state index in [1.54, 1.807) is 19.2 Å². The number of pyridine rings is 1. The van der Waals surface area contributed by atoms with Crippen LogP contribution in [-0.2, 0) is 4.79 Å². The van der Waals surface area contributed by atoms with Crippen molar-refractivity contribution in [1.82, 2.24) is 15.4 Å². The lowest BCUT2D eigenvalue weighted by atomic mass is 10.2. The monoisotopic (exact) mass is 343 g/mol. The number of ether oxygens (including phenoxy) is 1. The second kappa shape index (κ2) is 6.92. The Hall–Kier alpha value is -2.54. The molecular formula is C17H17N3O3S. The molecule has 2 heterocycles. The normalized spacial score (nSPS) is 17.0. The number of carbonyl (C=O) groups is 2. The molecule has 1 N–H and O–H groups in total. The van der Waals surface area contributed by atoms with Crippen molar-refractivity contribution in [3.63, 3.8) is 0 Å². The molecule has 1 fully saturated rings. The zero-order valence-electron chi connectivity index (χ0n) is 13.4. The molecule has 0 saturated carbocycles. The first-order valence-corrected chi connectivity index (χ1v) is 8.45. The summed E-state index contributed by atoms with van der Waals surface area (Å²) in [6.07, 6.45) is 1.50. The summed E-state index contributed by atoms with van der Waals surface area (Å²) in [5.41, 5.74) is 4.77. The maximum atomic E-state index is 12.4. The number of aryl methyl sites for hydroxylation is 1. The summed E-state index contributed by atoms with van der Waals surface area (Å²) in [5.74, 6) is 0.471. The number of amides is 2. The number of hydrogen-bond acceptors (Lipinski definition) is 5. The minimum absolute atomic E-state index is 0.149. The van der Waals surface area contributed by atoms with Crippen molar-refractivity contribution in [3.05, 3.63) is 59.4 Å². The van der Waals surface area contributed by atoms with Crippen LogP contribution in [0.25, 0.3) is 0 Å². The highest BCUT2D eigenvalue weighted by atomic mass is 32.2. The van der Waals surface area contributed by atoms with Crippen molar-refractivity contribution in [3.8, 4) is 5.75 Å². The summed E-state index contributed by atoms with van der Waals surface area (Å²) in [7, 11) is 1.58. The van der Waals surface area contributed by atoms with Gasteiger partial charge in [-0.2, -0.15) is 0 Å². The Morgan fingerprint density at radius 2 is 2.12 bits per heavy atom. The van der Waals surface area contributed by atoms with Crippen LogP contribution >= 0.6 is 11.8 Å². The van der Waals surface area contributed by atoms with Gasteiger partial charge in [-0.25, -0.2) is 5.01 Å². The molecule has 0 spiro atoms. The predicted molar refractivity (Wildman–Crippen MR) is 91.5 cm³/mol. The number of rotatable bonds is 4. The van der Waals surface area contributed by atoms with Crippen LogP contribution in [0.1, 0.15) is 27.0 Å². The SMILES string of the molecule is COc1ccccc1C1SCC(=O)N1NC(=O)c1ccc(C)nc1. The van der Waals surface area contributed by atoms with Gasteiger partial charge in [0.2, 0.25) is 0 Å². The first kappa shape index (κ1) is 16.3. The minimum Gasteiger partial charge on any atom is -0.496 e. The molecule has 2 aromatic rings. The van der Waals surface area contributed by atoms with E-state index in [2.05, 4.69) is 10.4 Å². The summed E-state index contributed by atoms with van der Waals surface area (Å²) in [4.78, 5) is 28.7. The molecule has 1 aliphatic heterocycles. The van der Waals surface area contributed by atoms with Gasteiger partial charge in [-0.05, 0) is 25.1 Å². The van der Waals surface area contributed by atoms with Gasteiger partial charge in [0.1, 0.15) is 11.1 Å². The van der Waals surface area contributed by atoms with Gasteiger partial charge in [0.05, 0.1) is 18.4 Å². The number of nitrogens with zero attached hydrogens (tertiary/aromatic N) is 2. The van der Waals surface area contributed by atoms with Gasteiger partial charge in [0.25, 0.3) is 11.8 Å². The highest BCUT2D eigenvalue weighted by Gasteiger charge is 2.36. The maximum Gasteiger partial charge on any atom is 0.271 e. The highest BCUT2D eigenvalue weighted by Crippen LogP contribution is 2.41. The molecule has 1 atom stereocenters. The lowest BCUT2D eigenvalue weighted by Gasteiger charge is -2.25. The van der Waals surface area contributed by atoms with Crippen molar-refractivity contribution in [2.24, 2.45) is 0 Å². The molecule has 6 nitrogen and oxygen atoms in total. The third-order valence-electron chi connectivity index (χ3n) is 3.67. The lowest BCUT2D eigenvalue weighted by Crippen LogP contribution is -2.44. The highest BCUT2D eigenvalue weighted by molar-refractivity contribution is 8.00. The zero-order chi connectivity index (χ0) is 17.1. The number of para-hydroxylation sites is 1. The van der Waals surface area contributed by atoms with Gasteiger partial charge in [0.15, 0.2) is 0 Å². The van der Waals surface area contributed by atoms with E-state index in [-0.39, 0.29) is 17.2 Å². The molecule has 1 aliphatic rings. The minimum atomic E-state index is -0.363. The molecular weight excluding hydrogens is 326 g/mol. The van der Waals surface area contributed by atoms with E-state index < -0.39 is 0 Å². The van der Waals surface area contributed by atoms with Crippen LogP contribution in [0, 0.1) is 6.92 Å². The Morgan fingerprint density at radius 1 is 1.33 bits per heavy atom. The number of methoxy groups -OCH3 is 1. The van der Waals surface area contributed by atoms with Crippen molar-refractivity contribution in [2.75, 3.05) is 12.9 Å². The van der Waals surface area contributed by atoms with Crippen LogP contribution in [0.4, 0.5) is 0 Å². The number of hydrazine groups is 1. The van der Waals surface area contributed by atoms with Gasteiger partial charge < -0.3 is 4.74 Å². The average molecular weight is 343 g/mol. The van der Waals surface area contributed by atoms with Crippen LogP contribution in [-0.4, -0.2) is 34.7 Å².